The molecule has 0 unspecified atom stereocenters. The number of aromatic nitrogens is 4. The Labute approximate surface area is 209 Å². The van der Waals surface area contributed by atoms with E-state index < -0.39 is 18.8 Å². The monoisotopic (exact) mass is 513 g/mol. The van der Waals surface area contributed by atoms with Crippen molar-refractivity contribution in [3.05, 3.63) is 54.2 Å². The summed E-state index contributed by atoms with van der Waals surface area (Å²) in [6.45, 7) is -1.31. The predicted molar refractivity (Wildman–Crippen MR) is 131 cm³/mol. The van der Waals surface area contributed by atoms with Crippen molar-refractivity contribution in [3.63, 3.8) is 0 Å². The van der Waals surface area contributed by atoms with E-state index in [1.54, 1.807) is 42.1 Å². The number of hydrogen-bond acceptors (Lipinski definition) is 7. The molecule has 37 heavy (non-hydrogen) atoms. The topological polar surface area (TPSA) is 97.6 Å². The van der Waals surface area contributed by atoms with Gasteiger partial charge in [0.15, 0.2) is 5.82 Å². The number of anilines is 4. The van der Waals surface area contributed by atoms with Gasteiger partial charge >= 0.3 is 12.2 Å². The van der Waals surface area contributed by atoms with Gasteiger partial charge in [-0.2, -0.15) is 28.2 Å². The zero-order valence-corrected chi connectivity index (χ0v) is 20.1. The number of hydrogen-bond donors (Lipinski definition) is 1. The van der Waals surface area contributed by atoms with Gasteiger partial charge in [0.1, 0.15) is 12.3 Å². The van der Waals surface area contributed by atoms with Crippen LogP contribution in [-0.4, -0.2) is 52.7 Å². The molecule has 0 fully saturated rings. The lowest BCUT2D eigenvalue weighted by molar-refractivity contribution is -0.115. The molecule has 0 aliphatic carbocycles. The quantitative estimate of drug-likeness (QED) is 0.401. The first-order valence-corrected chi connectivity index (χ1v) is 11.1. The number of methoxy groups -OCH3 is 2. The van der Waals surface area contributed by atoms with Crippen LogP contribution in [0.2, 0.25) is 0 Å². The Kier molecular flexibility index (Phi) is 5.97. The van der Waals surface area contributed by atoms with Gasteiger partial charge in [0, 0.05) is 24.3 Å². The summed E-state index contributed by atoms with van der Waals surface area (Å²) in [5.74, 6) is 0.420. The average molecular weight is 513 g/mol. The van der Waals surface area contributed by atoms with E-state index >= 15 is 0 Å². The number of fused-ring (bicyclic) bond motifs is 2. The van der Waals surface area contributed by atoms with Crippen molar-refractivity contribution in [2.45, 2.75) is 12.7 Å². The fourth-order valence-corrected chi connectivity index (χ4v) is 4.11. The lowest BCUT2D eigenvalue weighted by Crippen LogP contribution is -2.45. The normalized spacial score (nSPS) is 13.6. The van der Waals surface area contributed by atoms with Crippen molar-refractivity contribution in [2.75, 3.05) is 35.9 Å². The minimum Gasteiger partial charge on any atom is -0.497 e. The standard InChI is InChI=1S/C24H22F3N7O3/c1-32-11-14-10-16(6-9-19(14)31-32)33-12-18-20(29-22(30-21(18)37-3)28-13-24(25,26)27)34(23(33)35)15-4-7-17(36-2)8-5-15/h4-11H,12-13H2,1-3H3,(H,28,29,30). The summed E-state index contributed by atoms with van der Waals surface area (Å²) >= 11 is 0. The molecule has 10 nitrogen and oxygen atoms in total. The van der Waals surface area contributed by atoms with Crippen LogP contribution in [0.5, 0.6) is 11.6 Å². The number of aryl methyl sites for hydroxylation is 1. The van der Waals surface area contributed by atoms with Gasteiger partial charge in [-0.25, -0.2) is 9.69 Å². The Morgan fingerprint density at radius 2 is 1.76 bits per heavy atom. The number of carbonyl (C=O) groups is 1. The van der Waals surface area contributed by atoms with Crippen molar-refractivity contribution >= 4 is 40.1 Å². The van der Waals surface area contributed by atoms with Crippen molar-refractivity contribution in [3.8, 4) is 11.6 Å². The lowest BCUT2D eigenvalue weighted by atomic mass is 10.1. The highest BCUT2D eigenvalue weighted by Gasteiger charge is 2.37. The van der Waals surface area contributed by atoms with Crippen LogP contribution in [0.3, 0.4) is 0 Å². The zero-order chi connectivity index (χ0) is 26.3. The third-order valence-corrected chi connectivity index (χ3v) is 5.78. The fourth-order valence-electron chi connectivity index (χ4n) is 4.11. The Balaban J connectivity index is 1.64. The summed E-state index contributed by atoms with van der Waals surface area (Å²) in [6.07, 6.45) is -2.65. The molecule has 13 heteroatoms. The van der Waals surface area contributed by atoms with Crippen LogP contribution in [0.1, 0.15) is 5.56 Å². The van der Waals surface area contributed by atoms with Crippen LogP contribution < -0.4 is 24.6 Å². The molecule has 4 aromatic rings. The highest BCUT2D eigenvalue weighted by atomic mass is 19.4. The van der Waals surface area contributed by atoms with E-state index in [0.717, 1.165) is 10.9 Å². The molecule has 0 saturated carbocycles. The van der Waals surface area contributed by atoms with Crippen molar-refractivity contribution in [1.82, 2.24) is 19.7 Å². The molecule has 2 aromatic heterocycles. The van der Waals surface area contributed by atoms with E-state index in [1.807, 2.05) is 18.3 Å². The Morgan fingerprint density at radius 1 is 1.03 bits per heavy atom. The van der Waals surface area contributed by atoms with Gasteiger partial charge in [0.05, 0.1) is 37.5 Å². The Hall–Kier alpha value is -4.55. The SMILES string of the molecule is COc1ccc(N2C(=O)N(c3ccc4nn(C)cc4c3)Cc3c(OC)nc(NCC(F)(F)F)nc32)cc1. The molecule has 192 valence electrons. The minimum atomic E-state index is -4.49. The first kappa shape index (κ1) is 24.2. The number of alkyl halides is 3. The van der Waals surface area contributed by atoms with Gasteiger partial charge in [-0.3, -0.25) is 9.58 Å². The van der Waals surface area contributed by atoms with E-state index in [4.69, 9.17) is 9.47 Å². The van der Waals surface area contributed by atoms with E-state index in [0.29, 0.717) is 22.7 Å². The third-order valence-electron chi connectivity index (χ3n) is 5.78. The molecule has 1 aliphatic heterocycles. The van der Waals surface area contributed by atoms with Crippen molar-refractivity contribution in [1.29, 1.82) is 0 Å². The van der Waals surface area contributed by atoms with Gasteiger partial charge < -0.3 is 14.8 Å². The molecule has 2 amide bonds. The van der Waals surface area contributed by atoms with E-state index in [2.05, 4.69) is 20.4 Å². The number of amides is 2. The minimum absolute atomic E-state index is 0.0370. The van der Waals surface area contributed by atoms with Gasteiger partial charge in [0.2, 0.25) is 11.8 Å². The van der Waals surface area contributed by atoms with Crippen LogP contribution in [0, 0.1) is 0 Å². The number of halogens is 3. The zero-order valence-electron chi connectivity index (χ0n) is 20.1. The molecule has 0 spiro atoms. The van der Waals surface area contributed by atoms with Crippen LogP contribution in [0.4, 0.5) is 41.1 Å². The first-order chi connectivity index (χ1) is 17.7. The summed E-state index contributed by atoms with van der Waals surface area (Å²) in [5, 5.41) is 7.38. The van der Waals surface area contributed by atoms with Gasteiger partial charge in [-0.05, 0) is 42.5 Å². The number of ether oxygens (including phenoxy) is 2. The van der Waals surface area contributed by atoms with E-state index in [9.17, 15) is 18.0 Å². The molecule has 1 aliphatic rings. The van der Waals surface area contributed by atoms with Gasteiger partial charge in [0.25, 0.3) is 0 Å². The number of rotatable bonds is 6. The van der Waals surface area contributed by atoms with Gasteiger partial charge in [-0.15, -0.1) is 0 Å². The van der Waals surface area contributed by atoms with Crippen LogP contribution in [-0.2, 0) is 13.6 Å². The first-order valence-electron chi connectivity index (χ1n) is 11.1. The number of nitrogens with one attached hydrogen (secondary N) is 1. The molecule has 0 atom stereocenters. The summed E-state index contributed by atoms with van der Waals surface area (Å²) in [5.41, 5.74) is 2.23. The second-order valence-corrected chi connectivity index (χ2v) is 8.28. The molecular weight excluding hydrogens is 491 g/mol. The highest BCUT2D eigenvalue weighted by molar-refractivity contribution is 6.11. The van der Waals surface area contributed by atoms with E-state index in [1.165, 1.54) is 24.0 Å². The molecule has 3 heterocycles. The number of benzene rings is 2. The summed E-state index contributed by atoms with van der Waals surface area (Å²) < 4.78 is 50.9. The average Bonchev–Trinajstić information content (AvgIpc) is 3.25. The predicted octanol–water partition coefficient (Wildman–Crippen LogP) is 4.63. The van der Waals surface area contributed by atoms with Crippen molar-refractivity contribution in [2.24, 2.45) is 7.05 Å². The van der Waals surface area contributed by atoms with Gasteiger partial charge in [-0.1, -0.05) is 0 Å². The molecule has 5 rings (SSSR count). The number of urea groups is 1. The largest absolute Gasteiger partial charge is 0.497 e. The molecule has 1 N–H and O–H groups in total. The molecular formula is C24H22F3N7O3. The Bertz CT molecular complexity index is 1470. The fraction of sp³-hybridized carbons (Fsp3) is 0.250. The summed E-state index contributed by atoms with van der Waals surface area (Å²) in [4.78, 5) is 25.2. The van der Waals surface area contributed by atoms with E-state index in [-0.39, 0.29) is 24.2 Å². The lowest BCUT2D eigenvalue weighted by Gasteiger charge is -2.36. The van der Waals surface area contributed by atoms with Crippen LogP contribution >= 0.6 is 0 Å². The molecule has 0 bridgehead atoms. The molecule has 0 radical (unpaired) electrons. The maximum atomic E-state index is 13.9. The summed E-state index contributed by atoms with van der Waals surface area (Å²) in [6, 6.07) is 11.6. The number of nitrogens with zero attached hydrogens (tertiary/aromatic N) is 6. The smallest absolute Gasteiger partial charge is 0.405 e. The highest BCUT2D eigenvalue weighted by Crippen LogP contribution is 2.40. The second kappa shape index (κ2) is 9.15. The molecule has 0 saturated heterocycles. The number of carbonyl (C=O) groups excluding carboxylic acids is 1. The van der Waals surface area contributed by atoms with Crippen molar-refractivity contribution < 1.29 is 27.4 Å². The maximum absolute atomic E-state index is 13.9. The van der Waals surface area contributed by atoms with Crippen LogP contribution in [0.25, 0.3) is 10.9 Å². The Morgan fingerprint density at radius 3 is 2.43 bits per heavy atom. The second-order valence-electron chi connectivity index (χ2n) is 8.28. The van der Waals surface area contributed by atoms with Crippen LogP contribution in [0.15, 0.2) is 48.7 Å². The third kappa shape index (κ3) is 4.67. The summed E-state index contributed by atoms with van der Waals surface area (Å²) in [7, 11) is 4.68. The molecule has 2 aromatic carbocycles. The maximum Gasteiger partial charge on any atom is 0.405 e.